The van der Waals surface area contributed by atoms with Gasteiger partial charge in [0.25, 0.3) is 0 Å². The van der Waals surface area contributed by atoms with Crippen LogP contribution in [0.4, 0.5) is 0 Å². The molecule has 5 nitrogen and oxygen atoms in total. The largest absolute Gasteiger partial charge is 0.494 e. The first-order valence-electron chi connectivity index (χ1n) is 9.49. The minimum Gasteiger partial charge on any atom is -0.494 e. The number of hydrogen-bond donors (Lipinski definition) is 2. The number of benzene rings is 1. The fraction of sp³-hybridized carbons (Fsp3) is 0.650. The normalized spacial score (nSPS) is 16.5. The van der Waals surface area contributed by atoms with Gasteiger partial charge in [0, 0.05) is 38.8 Å². The lowest BCUT2D eigenvalue weighted by atomic mass is 9.74. The summed E-state index contributed by atoms with van der Waals surface area (Å²) in [7, 11) is 1.83. The van der Waals surface area contributed by atoms with Crippen molar-refractivity contribution in [3.8, 4) is 5.75 Å². The molecule has 6 heteroatoms. The highest BCUT2D eigenvalue weighted by Gasteiger charge is 2.34. The number of guanidine groups is 1. The van der Waals surface area contributed by atoms with Gasteiger partial charge in [-0.1, -0.05) is 25.5 Å². The summed E-state index contributed by atoms with van der Waals surface area (Å²) in [4.78, 5) is 4.35. The number of unbranched alkanes of at least 4 members (excludes halogenated alkanes) is 1. The highest BCUT2D eigenvalue weighted by molar-refractivity contribution is 14.0. The monoisotopic (exact) mass is 475 g/mol. The summed E-state index contributed by atoms with van der Waals surface area (Å²) in [5.74, 6) is 1.81. The van der Waals surface area contributed by atoms with Gasteiger partial charge in [-0.2, -0.15) is 0 Å². The number of ether oxygens (including phenoxy) is 2. The van der Waals surface area contributed by atoms with Crippen LogP contribution in [0.2, 0.25) is 0 Å². The first-order valence-corrected chi connectivity index (χ1v) is 9.49. The van der Waals surface area contributed by atoms with E-state index in [-0.39, 0.29) is 29.4 Å². The van der Waals surface area contributed by atoms with Gasteiger partial charge in [0.15, 0.2) is 5.96 Å². The fourth-order valence-corrected chi connectivity index (χ4v) is 3.26. The molecule has 1 fully saturated rings. The van der Waals surface area contributed by atoms with Crippen LogP contribution in [0, 0.1) is 0 Å². The van der Waals surface area contributed by atoms with E-state index in [0.29, 0.717) is 6.61 Å². The predicted molar refractivity (Wildman–Crippen MR) is 119 cm³/mol. The third kappa shape index (κ3) is 6.61. The Morgan fingerprint density at radius 1 is 1.15 bits per heavy atom. The van der Waals surface area contributed by atoms with Crippen LogP contribution in [-0.4, -0.2) is 45.9 Å². The molecule has 26 heavy (non-hydrogen) atoms. The smallest absolute Gasteiger partial charge is 0.191 e. The van der Waals surface area contributed by atoms with Gasteiger partial charge >= 0.3 is 0 Å². The van der Waals surface area contributed by atoms with Gasteiger partial charge in [-0.3, -0.25) is 4.99 Å². The Labute approximate surface area is 175 Å². The number of halogens is 1. The molecule has 148 valence electrons. The lowest BCUT2D eigenvalue weighted by molar-refractivity contribution is 0.0513. The van der Waals surface area contributed by atoms with Gasteiger partial charge < -0.3 is 20.1 Å². The molecule has 0 unspecified atom stereocenters. The second kappa shape index (κ2) is 12.4. The molecule has 1 aliphatic heterocycles. The molecule has 0 saturated carbocycles. The van der Waals surface area contributed by atoms with Crippen molar-refractivity contribution in [1.29, 1.82) is 0 Å². The van der Waals surface area contributed by atoms with Crippen molar-refractivity contribution in [3.63, 3.8) is 0 Å². The summed E-state index contributed by atoms with van der Waals surface area (Å²) in [5, 5.41) is 6.92. The molecule has 0 spiro atoms. The zero-order valence-electron chi connectivity index (χ0n) is 16.3. The highest BCUT2D eigenvalue weighted by atomic mass is 127. The van der Waals surface area contributed by atoms with Crippen molar-refractivity contribution in [1.82, 2.24) is 10.6 Å². The first-order chi connectivity index (χ1) is 12.2. The van der Waals surface area contributed by atoms with E-state index in [1.807, 2.05) is 14.0 Å². The molecule has 2 N–H and O–H groups in total. The fourth-order valence-electron chi connectivity index (χ4n) is 3.26. The van der Waals surface area contributed by atoms with Gasteiger partial charge in [0.1, 0.15) is 5.75 Å². The summed E-state index contributed by atoms with van der Waals surface area (Å²) in [6.45, 7) is 8.31. The van der Waals surface area contributed by atoms with Crippen LogP contribution >= 0.6 is 24.0 Å². The molecule has 2 rings (SSSR count). The van der Waals surface area contributed by atoms with Crippen LogP contribution in [0.25, 0.3) is 0 Å². The van der Waals surface area contributed by atoms with Crippen molar-refractivity contribution in [2.75, 3.05) is 40.0 Å². The number of aliphatic imine (C=N–C) groups is 1. The third-order valence-electron chi connectivity index (χ3n) is 4.87. The van der Waals surface area contributed by atoms with E-state index < -0.39 is 0 Å². The molecule has 1 heterocycles. The zero-order valence-corrected chi connectivity index (χ0v) is 18.7. The van der Waals surface area contributed by atoms with E-state index in [4.69, 9.17) is 9.47 Å². The zero-order chi connectivity index (χ0) is 18.0. The maximum atomic E-state index is 5.62. The van der Waals surface area contributed by atoms with Crippen LogP contribution in [0.5, 0.6) is 5.75 Å². The van der Waals surface area contributed by atoms with Crippen LogP contribution in [0.15, 0.2) is 29.3 Å². The molecule has 1 saturated heterocycles. The van der Waals surface area contributed by atoms with Crippen molar-refractivity contribution in [2.24, 2.45) is 4.99 Å². The highest BCUT2D eigenvalue weighted by Crippen LogP contribution is 2.35. The Hall–Kier alpha value is -1.02. The molecule has 0 atom stereocenters. The molecule has 1 aromatic rings. The Balaban J connectivity index is 0.00000338. The minimum atomic E-state index is 0. The summed E-state index contributed by atoms with van der Waals surface area (Å²) in [5.41, 5.74) is 1.42. The average Bonchev–Trinajstić information content (AvgIpc) is 2.66. The van der Waals surface area contributed by atoms with Crippen molar-refractivity contribution in [3.05, 3.63) is 29.8 Å². The van der Waals surface area contributed by atoms with E-state index >= 15 is 0 Å². The first kappa shape index (κ1) is 23.0. The van der Waals surface area contributed by atoms with Crippen LogP contribution in [0.3, 0.4) is 0 Å². The summed E-state index contributed by atoms with van der Waals surface area (Å²) in [6.07, 6.45) is 4.36. The number of nitrogens with one attached hydrogen (secondary N) is 2. The molecular formula is C20H34IN3O2. The van der Waals surface area contributed by atoms with E-state index in [0.717, 1.165) is 57.3 Å². The Morgan fingerprint density at radius 3 is 2.42 bits per heavy atom. The summed E-state index contributed by atoms with van der Waals surface area (Å²) < 4.78 is 11.2. The SMILES string of the molecule is CCCCNC(=NC)NCC1(c2ccc(OCC)cc2)CCOCC1.I. The minimum absolute atomic E-state index is 0. The summed E-state index contributed by atoms with van der Waals surface area (Å²) in [6, 6.07) is 8.55. The second-order valence-corrected chi connectivity index (χ2v) is 6.56. The standard InChI is InChI=1S/C20H33N3O2.HI/c1-4-6-13-22-19(21-3)23-16-20(11-14-24-15-12-20)17-7-9-18(10-8-17)25-5-2;/h7-10H,4-6,11-16H2,1-3H3,(H2,21,22,23);1H. The number of hydrogen-bond acceptors (Lipinski definition) is 3. The van der Waals surface area contributed by atoms with E-state index in [1.54, 1.807) is 0 Å². The van der Waals surface area contributed by atoms with Gasteiger partial charge in [0.05, 0.1) is 6.61 Å². The molecular weight excluding hydrogens is 441 g/mol. The molecule has 0 aromatic heterocycles. The number of rotatable bonds is 8. The topological polar surface area (TPSA) is 54.9 Å². The Morgan fingerprint density at radius 2 is 1.85 bits per heavy atom. The van der Waals surface area contributed by atoms with Gasteiger partial charge in [-0.05, 0) is 43.9 Å². The molecule has 0 bridgehead atoms. The predicted octanol–water partition coefficient (Wildman–Crippen LogP) is 3.72. The average molecular weight is 475 g/mol. The van der Waals surface area contributed by atoms with Crippen molar-refractivity contribution < 1.29 is 9.47 Å². The van der Waals surface area contributed by atoms with E-state index in [9.17, 15) is 0 Å². The van der Waals surface area contributed by atoms with Gasteiger partial charge in [-0.25, -0.2) is 0 Å². The van der Waals surface area contributed by atoms with Crippen LogP contribution in [-0.2, 0) is 10.2 Å². The lowest BCUT2D eigenvalue weighted by Gasteiger charge is -2.38. The molecule has 0 amide bonds. The lowest BCUT2D eigenvalue weighted by Crippen LogP contribution is -2.48. The molecule has 1 aliphatic rings. The van der Waals surface area contributed by atoms with Gasteiger partial charge in [-0.15, -0.1) is 24.0 Å². The Bertz CT molecular complexity index is 528. The van der Waals surface area contributed by atoms with Crippen molar-refractivity contribution in [2.45, 2.75) is 44.9 Å². The summed E-state index contributed by atoms with van der Waals surface area (Å²) >= 11 is 0. The maximum Gasteiger partial charge on any atom is 0.191 e. The Kier molecular flexibility index (Phi) is 11.0. The number of nitrogens with zero attached hydrogens (tertiary/aromatic N) is 1. The van der Waals surface area contributed by atoms with Crippen molar-refractivity contribution >= 4 is 29.9 Å². The molecule has 0 radical (unpaired) electrons. The maximum absolute atomic E-state index is 5.62. The van der Waals surface area contributed by atoms with E-state index in [2.05, 4.69) is 46.8 Å². The van der Waals surface area contributed by atoms with Crippen LogP contribution in [0.1, 0.15) is 45.1 Å². The quantitative estimate of drug-likeness (QED) is 0.261. The second-order valence-electron chi connectivity index (χ2n) is 6.56. The molecule has 0 aliphatic carbocycles. The van der Waals surface area contributed by atoms with E-state index in [1.165, 1.54) is 12.0 Å². The molecule has 1 aromatic carbocycles. The third-order valence-corrected chi connectivity index (χ3v) is 4.87. The van der Waals surface area contributed by atoms with Crippen LogP contribution < -0.4 is 15.4 Å². The van der Waals surface area contributed by atoms with Gasteiger partial charge in [0.2, 0.25) is 0 Å².